The Morgan fingerprint density at radius 3 is 2.62 bits per heavy atom. The Morgan fingerprint density at radius 1 is 1.29 bits per heavy atom. The molecule has 0 radical (unpaired) electrons. The van der Waals surface area contributed by atoms with Crippen LogP contribution in [-0.2, 0) is 6.54 Å². The zero-order chi connectivity index (χ0) is 14.8. The van der Waals surface area contributed by atoms with Gasteiger partial charge in [-0.1, -0.05) is 17.7 Å². The van der Waals surface area contributed by atoms with Crippen LogP contribution in [0.5, 0.6) is 5.75 Å². The molecule has 2 heterocycles. The molecule has 2 aliphatic heterocycles. The van der Waals surface area contributed by atoms with Crippen LogP contribution >= 0.6 is 11.6 Å². The summed E-state index contributed by atoms with van der Waals surface area (Å²) in [4.78, 5) is 2.60. The smallest absolute Gasteiger partial charge is 0.137 e. The Kier molecular flexibility index (Phi) is 4.72. The van der Waals surface area contributed by atoms with Gasteiger partial charge in [-0.05, 0) is 62.9 Å². The molecule has 0 aromatic heterocycles. The highest BCUT2D eigenvalue weighted by molar-refractivity contribution is 6.32. The van der Waals surface area contributed by atoms with Crippen molar-refractivity contribution < 1.29 is 4.74 Å². The van der Waals surface area contributed by atoms with E-state index in [1.165, 1.54) is 31.2 Å². The molecular weight excluding hydrogens is 284 g/mol. The van der Waals surface area contributed by atoms with Crippen LogP contribution in [0.1, 0.15) is 31.2 Å². The number of fused-ring (bicyclic) bond motifs is 2. The second-order valence-electron chi connectivity index (χ2n) is 6.49. The maximum atomic E-state index is 6.16. The zero-order valence-electron chi connectivity index (χ0n) is 12.9. The van der Waals surface area contributed by atoms with Gasteiger partial charge in [0.1, 0.15) is 5.75 Å². The summed E-state index contributed by atoms with van der Waals surface area (Å²) in [5, 5.41) is 4.29. The van der Waals surface area contributed by atoms with E-state index in [0.29, 0.717) is 5.02 Å². The highest BCUT2D eigenvalue weighted by Gasteiger charge is 2.37. The van der Waals surface area contributed by atoms with Gasteiger partial charge in [0.25, 0.3) is 0 Å². The summed E-state index contributed by atoms with van der Waals surface area (Å²) in [5.74, 6) is 1.57. The fourth-order valence-electron chi connectivity index (χ4n) is 3.93. The summed E-state index contributed by atoms with van der Waals surface area (Å²) in [7, 11) is 3.94. The monoisotopic (exact) mass is 308 g/mol. The molecule has 0 spiro atoms. The Balaban J connectivity index is 1.47. The topological polar surface area (TPSA) is 24.5 Å². The first kappa shape index (κ1) is 15.1. The normalized spacial score (nSPS) is 28.8. The largest absolute Gasteiger partial charge is 0.495 e. The first-order valence-electron chi connectivity index (χ1n) is 7.92. The van der Waals surface area contributed by atoms with E-state index in [4.69, 9.17) is 16.3 Å². The molecule has 2 unspecified atom stereocenters. The molecule has 1 aromatic carbocycles. The Bertz CT molecular complexity index is 480. The van der Waals surface area contributed by atoms with Crippen LogP contribution in [0, 0.1) is 5.92 Å². The van der Waals surface area contributed by atoms with Gasteiger partial charge in [0.15, 0.2) is 0 Å². The standard InChI is InChI=1S/C17H25ClN2O/c1-20-14-4-5-15(20)8-13(7-14)11-19-10-12-3-6-17(21-2)16(18)9-12/h3,6,9,13-15,19H,4-5,7-8,10-11H2,1-2H3. The molecule has 1 N–H and O–H groups in total. The van der Waals surface area contributed by atoms with E-state index in [1.54, 1.807) is 7.11 Å². The molecular formula is C17H25ClN2O. The van der Waals surface area contributed by atoms with Crippen LogP contribution in [0.2, 0.25) is 5.02 Å². The maximum Gasteiger partial charge on any atom is 0.137 e. The number of methoxy groups -OCH3 is 1. The first-order valence-corrected chi connectivity index (χ1v) is 8.30. The lowest BCUT2D eigenvalue weighted by molar-refractivity contribution is 0.133. The Labute approximate surface area is 132 Å². The van der Waals surface area contributed by atoms with Gasteiger partial charge in [-0.3, -0.25) is 0 Å². The second-order valence-corrected chi connectivity index (χ2v) is 6.89. The molecule has 1 aromatic rings. The van der Waals surface area contributed by atoms with Crippen LogP contribution in [0.25, 0.3) is 0 Å². The van der Waals surface area contributed by atoms with Crippen molar-refractivity contribution in [2.24, 2.45) is 5.92 Å². The average molecular weight is 309 g/mol. The highest BCUT2D eigenvalue weighted by atomic mass is 35.5. The van der Waals surface area contributed by atoms with E-state index in [2.05, 4.69) is 23.3 Å². The lowest BCUT2D eigenvalue weighted by Gasteiger charge is -2.36. The van der Waals surface area contributed by atoms with Crippen LogP contribution in [0.3, 0.4) is 0 Å². The third-order valence-corrected chi connectivity index (χ3v) is 5.47. The van der Waals surface area contributed by atoms with Gasteiger partial charge < -0.3 is 15.0 Å². The molecule has 0 aliphatic carbocycles. The summed E-state index contributed by atoms with van der Waals surface area (Å²) in [6.07, 6.45) is 5.49. The van der Waals surface area contributed by atoms with E-state index in [9.17, 15) is 0 Å². The zero-order valence-corrected chi connectivity index (χ0v) is 13.7. The predicted molar refractivity (Wildman–Crippen MR) is 87.0 cm³/mol. The van der Waals surface area contributed by atoms with Gasteiger partial charge in [0.05, 0.1) is 12.1 Å². The van der Waals surface area contributed by atoms with Crippen molar-refractivity contribution in [3.05, 3.63) is 28.8 Å². The number of hydrogen-bond donors (Lipinski definition) is 1. The van der Waals surface area contributed by atoms with Gasteiger partial charge in [0.2, 0.25) is 0 Å². The summed E-state index contributed by atoms with van der Waals surface area (Å²) in [5.41, 5.74) is 1.22. The van der Waals surface area contributed by atoms with Crippen molar-refractivity contribution in [3.8, 4) is 5.75 Å². The summed E-state index contributed by atoms with van der Waals surface area (Å²) in [6.45, 7) is 2.00. The van der Waals surface area contributed by atoms with Crippen LogP contribution in [-0.4, -0.2) is 37.7 Å². The molecule has 0 saturated carbocycles. The van der Waals surface area contributed by atoms with Crippen molar-refractivity contribution in [1.29, 1.82) is 0 Å². The molecule has 2 atom stereocenters. The number of nitrogens with one attached hydrogen (secondary N) is 1. The fraction of sp³-hybridized carbons (Fsp3) is 0.647. The van der Waals surface area contributed by atoms with Crippen molar-refractivity contribution in [3.63, 3.8) is 0 Å². The molecule has 2 aliphatic rings. The molecule has 2 fully saturated rings. The van der Waals surface area contributed by atoms with Crippen molar-refractivity contribution >= 4 is 11.6 Å². The van der Waals surface area contributed by atoms with Gasteiger partial charge >= 0.3 is 0 Å². The third-order valence-electron chi connectivity index (χ3n) is 5.17. The number of halogens is 1. The van der Waals surface area contributed by atoms with E-state index in [0.717, 1.165) is 36.8 Å². The molecule has 3 nitrogen and oxygen atoms in total. The van der Waals surface area contributed by atoms with E-state index >= 15 is 0 Å². The quantitative estimate of drug-likeness (QED) is 0.903. The second kappa shape index (κ2) is 6.55. The molecule has 2 saturated heterocycles. The Morgan fingerprint density at radius 2 is 2.00 bits per heavy atom. The predicted octanol–water partition coefficient (Wildman–Crippen LogP) is 3.31. The summed E-state index contributed by atoms with van der Waals surface area (Å²) < 4.78 is 5.18. The fourth-order valence-corrected chi connectivity index (χ4v) is 4.21. The molecule has 21 heavy (non-hydrogen) atoms. The average Bonchev–Trinajstić information content (AvgIpc) is 2.70. The molecule has 2 bridgehead atoms. The van der Waals surface area contributed by atoms with Crippen molar-refractivity contribution in [2.75, 3.05) is 20.7 Å². The van der Waals surface area contributed by atoms with Crippen LogP contribution in [0.15, 0.2) is 18.2 Å². The highest BCUT2D eigenvalue weighted by Crippen LogP contribution is 2.37. The number of nitrogens with zero attached hydrogens (tertiary/aromatic N) is 1. The van der Waals surface area contributed by atoms with E-state index in [1.807, 2.05) is 12.1 Å². The minimum atomic E-state index is 0.689. The minimum Gasteiger partial charge on any atom is -0.495 e. The van der Waals surface area contributed by atoms with Crippen molar-refractivity contribution in [1.82, 2.24) is 10.2 Å². The first-order chi connectivity index (χ1) is 10.2. The third kappa shape index (κ3) is 3.36. The van der Waals surface area contributed by atoms with E-state index in [-0.39, 0.29) is 0 Å². The number of benzene rings is 1. The molecule has 0 amide bonds. The molecule has 3 rings (SSSR count). The lowest BCUT2D eigenvalue weighted by Crippen LogP contribution is -2.42. The lowest BCUT2D eigenvalue weighted by atomic mass is 9.91. The summed E-state index contributed by atoms with van der Waals surface area (Å²) >= 11 is 6.16. The van der Waals surface area contributed by atoms with Gasteiger partial charge in [0, 0.05) is 18.6 Å². The number of ether oxygens (including phenoxy) is 1. The van der Waals surface area contributed by atoms with E-state index < -0.39 is 0 Å². The number of rotatable bonds is 5. The van der Waals surface area contributed by atoms with Crippen LogP contribution in [0.4, 0.5) is 0 Å². The SMILES string of the molecule is COc1ccc(CNCC2CC3CCC(C2)N3C)cc1Cl. The van der Waals surface area contributed by atoms with Gasteiger partial charge in [-0.15, -0.1) is 0 Å². The van der Waals surface area contributed by atoms with Gasteiger partial charge in [-0.25, -0.2) is 0 Å². The molecule has 4 heteroatoms. The Hall–Kier alpha value is -0.770. The maximum absolute atomic E-state index is 6.16. The molecule has 116 valence electrons. The van der Waals surface area contributed by atoms with Gasteiger partial charge in [-0.2, -0.15) is 0 Å². The number of hydrogen-bond acceptors (Lipinski definition) is 3. The van der Waals surface area contributed by atoms with Crippen LogP contribution < -0.4 is 10.1 Å². The minimum absolute atomic E-state index is 0.689. The number of piperidine rings is 1. The van der Waals surface area contributed by atoms with Crippen molar-refractivity contribution in [2.45, 2.75) is 44.3 Å². The summed E-state index contributed by atoms with van der Waals surface area (Å²) in [6, 6.07) is 7.66.